The van der Waals surface area contributed by atoms with E-state index in [0.29, 0.717) is 0 Å². The highest BCUT2D eigenvalue weighted by Crippen LogP contribution is 2.12. The molecule has 2 nitrogen and oxygen atoms in total. The van der Waals surface area contributed by atoms with Crippen molar-refractivity contribution in [3.63, 3.8) is 0 Å². The van der Waals surface area contributed by atoms with Gasteiger partial charge in [0.1, 0.15) is 0 Å². The first kappa shape index (κ1) is 18.8. The van der Waals surface area contributed by atoms with E-state index >= 15 is 0 Å². The number of primary amides is 1. The molecule has 0 bridgehead atoms. The van der Waals surface area contributed by atoms with Crippen molar-refractivity contribution in [2.45, 2.75) is 46.0 Å². The normalized spacial score (nSPS) is 10.9. The third kappa shape index (κ3) is 9.97. The summed E-state index contributed by atoms with van der Waals surface area (Å²) < 4.78 is 0. The van der Waals surface area contributed by atoms with Crippen molar-refractivity contribution in [1.82, 2.24) is 0 Å². The lowest BCUT2D eigenvalue weighted by Gasteiger charge is -2.08. The molecule has 0 fully saturated rings. The Bertz CT molecular complexity index is 120. The van der Waals surface area contributed by atoms with E-state index in [-0.39, 0.29) is 36.6 Å². The fourth-order valence-corrected chi connectivity index (χ4v) is 1.19. The second-order valence-corrected chi connectivity index (χ2v) is 3.00. The Morgan fingerprint density at radius 1 is 1.23 bits per heavy atom. The van der Waals surface area contributed by atoms with Crippen molar-refractivity contribution >= 4 is 30.7 Å². The predicted molar refractivity (Wildman–Crippen MR) is 61.6 cm³/mol. The number of carbonyl (C=O) groups is 1. The Morgan fingerprint density at radius 3 is 2.08 bits per heavy atom. The fraction of sp³-hybridized carbons (Fsp3) is 0.889. The number of rotatable bonds is 6. The molecule has 0 aromatic rings. The lowest BCUT2D eigenvalue weighted by molar-refractivity contribution is -0.122. The number of hydrogen-bond donors (Lipinski definition) is 1. The van der Waals surface area contributed by atoms with Gasteiger partial charge in [-0.25, -0.2) is 0 Å². The highest BCUT2D eigenvalue weighted by molar-refractivity contribution is 5.85. The first-order valence-electron chi connectivity index (χ1n) is 4.51. The molecule has 0 aliphatic rings. The summed E-state index contributed by atoms with van der Waals surface area (Å²) in [7, 11) is 0. The Morgan fingerprint density at radius 2 is 1.77 bits per heavy atom. The van der Waals surface area contributed by atoms with Gasteiger partial charge in [-0.15, -0.1) is 24.8 Å². The Labute approximate surface area is 93.5 Å². The first-order chi connectivity index (χ1) is 5.22. The maximum atomic E-state index is 10.7. The Balaban J connectivity index is -0.000000500. The summed E-state index contributed by atoms with van der Waals surface area (Å²) in [6.07, 6.45) is 5.41. The van der Waals surface area contributed by atoms with Gasteiger partial charge in [-0.05, 0) is 12.8 Å². The maximum Gasteiger partial charge on any atom is 0.220 e. The third-order valence-electron chi connectivity index (χ3n) is 2.05. The van der Waals surface area contributed by atoms with Gasteiger partial charge in [0, 0.05) is 5.92 Å². The zero-order valence-corrected chi connectivity index (χ0v) is 10.0. The molecule has 82 valence electrons. The predicted octanol–water partition coefficient (Wildman–Crippen LogP) is 2.92. The molecule has 0 aromatic carbocycles. The van der Waals surface area contributed by atoms with Crippen LogP contribution in [0.15, 0.2) is 0 Å². The molecule has 0 spiro atoms. The average molecular weight is 230 g/mol. The quantitative estimate of drug-likeness (QED) is 0.700. The average Bonchev–Trinajstić information content (AvgIpc) is 1.97. The van der Waals surface area contributed by atoms with Gasteiger partial charge in [-0.2, -0.15) is 0 Å². The van der Waals surface area contributed by atoms with Gasteiger partial charge in [0.15, 0.2) is 0 Å². The second kappa shape index (κ2) is 12.0. The molecule has 0 saturated heterocycles. The SMILES string of the molecule is CCCCCC(CC)C(N)=O.Cl.Cl. The van der Waals surface area contributed by atoms with Crippen LogP contribution in [0.4, 0.5) is 0 Å². The molecular formula is C9H21Cl2NO. The zero-order valence-electron chi connectivity index (χ0n) is 8.41. The van der Waals surface area contributed by atoms with Crippen LogP contribution in [0.3, 0.4) is 0 Å². The van der Waals surface area contributed by atoms with E-state index in [0.717, 1.165) is 19.3 Å². The van der Waals surface area contributed by atoms with Crippen LogP contribution in [0.25, 0.3) is 0 Å². The third-order valence-corrected chi connectivity index (χ3v) is 2.05. The molecule has 0 radical (unpaired) electrons. The Kier molecular flexibility index (Phi) is 17.4. The molecule has 0 aromatic heterocycles. The van der Waals surface area contributed by atoms with Gasteiger partial charge < -0.3 is 5.73 Å². The second-order valence-electron chi connectivity index (χ2n) is 3.00. The van der Waals surface area contributed by atoms with E-state index < -0.39 is 0 Å². The molecule has 2 N–H and O–H groups in total. The highest BCUT2D eigenvalue weighted by Gasteiger charge is 2.10. The van der Waals surface area contributed by atoms with Gasteiger partial charge in [0.2, 0.25) is 5.91 Å². The molecule has 0 aliphatic carbocycles. The number of carbonyl (C=O) groups excluding carboxylic acids is 1. The van der Waals surface area contributed by atoms with Gasteiger partial charge in [0.05, 0.1) is 0 Å². The molecule has 0 rings (SSSR count). The smallest absolute Gasteiger partial charge is 0.220 e. The first-order valence-corrected chi connectivity index (χ1v) is 4.51. The van der Waals surface area contributed by atoms with Crippen LogP contribution in [-0.4, -0.2) is 5.91 Å². The number of unbranched alkanes of at least 4 members (excludes halogenated alkanes) is 2. The van der Waals surface area contributed by atoms with Gasteiger partial charge in [-0.1, -0.05) is 33.1 Å². The minimum absolute atomic E-state index is 0. The van der Waals surface area contributed by atoms with Gasteiger partial charge >= 0.3 is 0 Å². The summed E-state index contributed by atoms with van der Waals surface area (Å²) in [4.78, 5) is 10.7. The fourth-order valence-electron chi connectivity index (χ4n) is 1.19. The van der Waals surface area contributed by atoms with Crippen molar-refractivity contribution in [2.24, 2.45) is 11.7 Å². The summed E-state index contributed by atoms with van der Waals surface area (Å²) in [6, 6.07) is 0. The molecular weight excluding hydrogens is 209 g/mol. The van der Waals surface area contributed by atoms with E-state index in [4.69, 9.17) is 5.73 Å². The van der Waals surface area contributed by atoms with E-state index in [1.807, 2.05) is 6.92 Å². The van der Waals surface area contributed by atoms with Crippen LogP contribution >= 0.6 is 24.8 Å². The molecule has 0 saturated carbocycles. The number of amides is 1. The molecule has 4 heteroatoms. The summed E-state index contributed by atoms with van der Waals surface area (Å²) >= 11 is 0. The van der Waals surface area contributed by atoms with E-state index in [1.165, 1.54) is 12.8 Å². The van der Waals surface area contributed by atoms with E-state index in [2.05, 4.69) is 6.92 Å². The zero-order chi connectivity index (χ0) is 8.69. The maximum absolute atomic E-state index is 10.7. The van der Waals surface area contributed by atoms with Crippen molar-refractivity contribution in [3.8, 4) is 0 Å². The van der Waals surface area contributed by atoms with Crippen LogP contribution in [0.5, 0.6) is 0 Å². The standard InChI is InChI=1S/C9H19NO.2ClH/c1-3-5-6-7-8(4-2)9(10)11;;/h8H,3-7H2,1-2H3,(H2,10,11);2*1H. The van der Waals surface area contributed by atoms with E-state index in [9.17, 15) is 4.79 Å². The minimum atomic E-state index is -0.136. The number of halogens is 2. The summed E-state index contributed by atoms with van der Waals surface area (Å²) in [6.45, 7) is 4.17. The van der Waals surface area contributed by atoms with Crippen LogP contribution in [0.1, 0.15) is 46.0 Å². The molecule has 0 aliphatic heterocycles. The summed E-state index contributed by atoms with van der Waals surface area (Å²) in [5, 5.41) is 0. The van der Waals surface area contributed by atoms with Crippen molar-refractivity contribution in [3.05, 3.63) is 0 Å². The molecule has 13 heavy (non-hydrogen) atoms. The lowest BCUT2D eigenvalue weighted by Crippen LogP contribution is -2.22. The largest absolute Gasteiger partial charge is 0.369 e. The number of hydrogen-bond acceptors (Lipinski definition) is 1. The van der Waals surface area contributed by atoms with Crippen molar-refractivity contribution in [1.29, 1.82) is 0 Å². The highest BCUT2D eigenvalue weighted by atomic mass is 35.5. The van der Waals surface area contributed by atoms with E-state index in [1.54, 1.807) is 0 Å². The molecule has 1 atom stereocenters. The van der Waals surface area contributed by atoms with Crippen LogP contribution in [0, 0.1) is 5.92 Å². The molecule has 1 unspecified atom stereocenters. The molecule has 1 amide bonds. The van der Waals surface area contributed by atoms with Crippen LogP contribution in [0.2, 0.25) is 0 Å². The topological polar surface area (TPSA) is 43.1 Å². The summed E-state index contributed by atoms with van der Waals surface area (Å²) in [5.74, 6) is -0.0230. The van der Waals surface area contributed by atoms with Gasteiger partial charge in [-0.3, -0.25) is 4.79 Å². The summed E-state index contributed by atoms with van der Waals surface area (Å²) in [5.41, 5.74) is 5.19. The van der Waals surface area contributed by atoms with Crippen LogP contribution < -0.4 is 5.73 Å². The lowest BCUT2D eigenvalue weighted by atomic mass is 9.98. The minimum Gasteiger partial charge on any atom is -0.369 e. The van der Waals surface area contributed by atoms with Crippen molar-refractivity contribution < 1.29 is 4.79 Å². The Hall–Kier alpha value is 0.0500. The van der Waals surface area contributed by atoms with Gasteiger partial charge in [0.25, 0.3) is 0 Å². The molecule has 0 heterocycles. The monoisotopic (exact) mass is 229 g/mol. The van der Waals surface area contributed by atoms with Crippen LogP contribution in [-0.2, 0) is 4.79 Å². The van der Waals surface area contributed by atoms with Crippen molar-refractivity contribution in [2.75, 3.05) is 0 Å². The number of nitrogens with two attached hydrogens (primary N) is 1.